The number of ether oxygens (including phenoxy) is 1. The Balaban J connectivity index is 1.70. The summed E-state index contributed by atoms with van der Waals surface area (Å²) in [6.45, 7) is 2.65. The first-order valence-corrected chi connectivity index (χ1v) is 9.26. The van der Waals surface area contributed by atoms with Gasteiger partial charge < -0.3 is 4.74 Å². The van der Waals surface area contributed by atoms with Gasteiger partial charge in [0.05, 0.1) is 6.54 Å². The van der Waals surface area contributed by atoms with Crippen LogP contribution in [0.3, 0.4) is 0 Å². The van der Waals surface area contributed by atoms with E-state index in [0.717, 1.165) is 25.9 Å². The van der Waals surface area contributed by atoms with E-state index in [1.807, 2.05) is 0 Å². The Hall–Kier alpha value is -0.570. The second-order valence-electron chi connectivity index (χ2n) is 6.85. The van der Waals surface area contributed by atoms with Crippen molar-refractivity contribution in [2.75, 3.05) is 19.6 Å². The van der Waals surface area contributed by atoms with Crippen LogP contribution in [-0.4, -0.2) is 36.6 Å². The summed E-state index contributed by atoms with van der Waals surface area (Å²) in [5.41, 5.74) is 0. The molecule has 0 amide bonds. The van der Waals surface area contributed by atoms with E-state index in [4.69, 9.17) is 4.74 Å². The maximum atomic E-state index is 12.1. The molecule has 1 saturated carbocycles. The molecule has 0 spiro atoms. The van der Waals surface area contributed by atoms with E-state index in [9.17, 15) is 4.79 Å². The number of carbonyl (C=O) groups is 1. The molecule has 0 bridgehead atoms. The minimum Gasteiger partial charge on any atom is -0.461 e. The second kappa shape index (κ2) is 10.2. The highest BCUT2D eigenvalue weighted by atomic mass is 16.5. The lowest BCUT2D eigenvalue weighted by Gasteiger charge is -2.21. The van der Waals surface area contributed by atoms with Gasteiger partial charge in [-0.15, -0.1) is 0 Å². The Morgan fingerprint density at radius 1 is 0.762 bits per heavy atom. The minimum absolute atomic E-state index is 0.00833. The monoisotopic (exact) mass is 295 g/mol. The SMILES string of the molecule is O=C(CN1CCCC1)OC1CCCCCCCCCCC1. The van der Waals surface area contributed by atoms with Crippen LogP contribution < -0.4 is 0 Å². The molecule has 0 atom stereocenters. The maximum absolute atomic E-state index is 12.1. The van der Waals surface area contributed by atoms with Gasteiger partial charge in [0.2, 0.25) is 0 Å². The van der Waals surface area contributed by atoms with Crippen molar-refractivity contribution >= 4 is 5.97 Å². The molecule has 0 aromatic rings. The number of likely N-dealkylation sites (tertiary alicyclic amines) is 1. The number of hydrogen-bond donors (Lipinski definition) is 0. The molecule has 0 N–H and O–H groups in total. The third-order valence-electron chi connectivity index (χ3n) is 4.90. The summed E-state index contributed by atoms with van der Waals surface area (Å²) in [4.78, 5) is 14.3. The van der Waals surface area contributed by atoms with Crippen molar-refractivity contribution in [2.24, 2.45) is 0 Å². The summed E-state index contributed by atoms with van der Waals surface area (Å²) < 4.78 is 5.78. The van der Waals surface area contributed by atoms with Crippen LogP contribution in [0, 0.1) is 0 Å². The Labute approximate surface area is 130 Å². The third kappa shape index (κ3) is 7.30. The van der Waals surface area contributed by atoms with Crippen molar-refractivity contribution < 1.29 is 9.53 Å². The fraction of sp³-hybridized carbons (Fsp3) is 0.944. The predicted molar refractivity (Wildman–Crippen MR) is 86.3 cm³/mol. The zero-order valence-electron chi connectivity index (χ0n) is 13.7. The van der Waals surface area contributed by atoms with Crippen LogP contribution in [0.5, 0.6) is 0 Å². The van der Waals surface area contributed by atoms with Gasteiger partial charge in [-0.2, -0.15) is 0 Å². The molecule has 21 heavy (non-hydrogen) atoms. The smallest absolute Gasteiger partial charge is 0.320 e. The Kier molecular flexibility index (Phi) is 8.16. The van der Waals surface area contributed by atoms with Gasteiger partial charge in [-0.1, -0.05) is 44.9 Å². The molecule has 1 saturated heterocycles. The van der Waals surface area contributed by atoms with Gasteiger partial charge >= 0.3 is 5.97 Å². The molecule has 0 aromatic carbocycles. The fourth-order valence-corrected chi connectivity index (χ4v) is 3.59. The van der Waals surface area contributed by atoms with Crippen molar-refractivity contribution in [1.82, 2.24) is 4.90 Å². The highest BCUT2D eigenvalue weighted by Gasteiger charge is 2.19. The van der Waals surface area contributed by atoms with Gasteiger partial charge in [0.25, 0.3) is 0 Å². The van der Waals surface area contributed by atoms with E-state index in [2.05, 4.69) is 4.90 Å². The van der Waals surface area contributed by atoms with Crippen LogP contribution >= 0.6 is 0 Å². The standard InChI is InChI=1S/C18H33NO2/c20-18(16-19-14-10-11-15-19)21-17-12-8-6-4-2-1-3-5-7-9-13-17/h17H,1-16H2. The molecular formula is C18H33NO2. The van der Waals surface area contributed by atoms with Crippen LogP contribution in [0.25, 0.3) is 0 Å². The van der Waals surface area contributed by atoms with Crippen molar-refractivity contribution in [3.63, 3.8) is 0 Å². The lowest BCUT2D eigenvalue weighted by molar-refractivity contribution is -0.150. The maximum Gasteiger partial charge on any atom is 0.320 e. The van der Waals surface area contributed by atoms with E-state index in [1.54, 1.807) is 0 Å². The Morgan fingerprint density at radius 3 is 1.76 bits per heavy atom. The minimum atomic E-state index is 0.00833. The number of hydrogen-bond acceptors (Lipinski definition) is 3. The van der Waals surface area contributed by atoms with E-state index >= 15 is 0 Å². The summed E-state index contributed by atoms with van der Waals surface area (Å²) in [5, 5.41) is 0. The summed E-state index contributed by atoms with van der Waals surface area (Å²) in [5.74, 6) is 0.00833. The summed E-state index contributed by atoms with van der Waals surface area (Å²) in [7, 11) is 0. The van der Waals surface area contributed by atoms with Gasteiger partial charge in [0, 0.05) is 0 Å². The molecule has 1 aliphatic carbocycles. The summed E-state index contributed by atoms with van der Waals surface area (Å²) in [6.07, 6.45) is 16.8. The zero-order chi connectivity index (χ0) is 14.8. The highest BCUT2D eigenvalue weighted by Crippen LogP contribution is 2.19. The number of rotatable bonds is 3. The van der Waals surface area contributed by atoms with E-state index in [1.165, 1.54) is 70.6 Å². The molecular weight excluding hydrogens is 262 g/mol. The quantitative estimate of drug-likeness (QED) is 0.727. The van der Waals surface area contributed by atoms with E-state index in [0.29, 0.717) is 6.54 Å². The predicted octanol–water partition coefficient (Wildman–Crippen LogP) is 4.30. The average Bonchev–Trinajstić information content (AvgIpc) is 2.94. The van der Waals surface area contributed by atoms with Crippen molar-refractivity contribution in [2.45, 2.75) is 89.6 Å². The molecule has 3 heteroatoms. The fourth-order valence-electron chi connectivity index (χ4n) is 3.59. The number of nitrogens with zero attached hydrogens (tertiary/aromatic N) is 1. The first kappa shape index (κ1) is 16.8. The van der Waals surface area contributed by atoms with Crippen LogP contribution in [0.15, 0.2) is 0 Å². The van der Waals surface area contributed by atoms with Crippen LogP contribution in [0.2, 0.25) is 0 Å². The lowest BCUT2D eigenvalue weighted by atomic mass is 9.99. The van der Waals surface area contributed by atoms with Crippen molar-refractivity contribution in [1.29, 1.82) is 0 Å². The first-order valence-electron chi connectivity index (χ1n) is 9.26. The topological polar surface area (TPSA) is 29.5 Å². The largest absolute Gasteiger partial charge is 0.461 e. The highest BCUT2D eigenvalue weighted by molar-refractivity contribution is 5.71. The lowest BCUT2D eigenvalue weighted by Crippen LogP contribution is -2.31. The van der Waals surface area contributed by atoms with E-state index in [-0.39, 0.29) is 12.1 Å². The average molecular weight is 295 g/mol. The molecule has 1 aliphatic heterocycles. The van der Waals surface area contributed by atoms with Gasteiger partial charge in [-0.25, -0.2) is 0 Å². The molecule has 122 valence electrons. The van der Waals surface area contributed by atoms with Crippen LogP contribution in [-0.2, 0) is 9.53 Å². The Morgan fingerprint density at radius 2 is 1.24 bits per heavy atom. The normalized spacial score (nSPS) is 24.2. The molecule has 0 radical (unpaired) electrons. The van der Waals surface area contributed by atoms with Gasteiger partial charge in [0.1, 0.15) is 6.10 Å². The van der Waals surface area contributed by atoms with Crippen molar-refractivity contribution in [3.05, 3.63) is 0 Å². The number of carbonyl (C=O) groups excluding carboxylic acids is 1. The summed E-state index contributed by atoms with van der Waals surface area (Å²) in [6, 6.07) is 0. The molecule has 3 nitrogen and oxygen atoms in total. The molecule has 2 rings (SSSR count). The zero-order valence-corrected chi connectivity index (χ0v) is 13.7. The summed E-state index contributed by atoms with van der Waals surface area (Å²) >= 11 is 0. The first-order chi connectivity index (χ1) is 10.3. The third-order valence-corrected chi connectivity index (χ3v) is 4.90. The Bertz CT molecular complexity index is 275. The molecule has 0 unspecified atom stereocenters. The van der Waals surface area contributed by atoms with E-state index < -0.39 is 0 Å². The molecule has 2 aliphatic rings. The second-order valence-corrected chi connectivity index (χ2v) is 6.85. The van der Waals surface area contributed by atoms with Gasteiger partial charge in [0.15, 0.2) is 0 Å². The molecule has 0 aromatic heterocycles. The van der Waals surface area contributed by atoms with Crippen LogP contribution in [0.1, 0.15) is 83.5 Å². The molecule has 2 fully saturated rings. The van der Waals surface area contributed by atoms with Crippen molar-refractivity contribution in [3.8, 4) is 0 Å². The van der Waals surface area contributed by atoms with Gasteiger partial charge in [-0.05, 0) is 51.6 Å². The number of esters is 1. The molecule has 1 heterocycles. The van der Waals surface area contributed by atoms with Crippen LogP contribution in [0.4, 0.5) is 0 Å². The van der Waals surface area contributed by atoms with Gasteiger partial charge in [-0.3, -0.25) is 9.69 Å².